The van der Waals surface area contributed by atoms with Gasteiger partial charge in [0.05, 0.1) is 27.2 Å². The molecule has 2 heterocycles. The van der Waals surface area contributed by atoms with Crippen molar-refractivity contribution in [1.29, 1.82) is 0 Å². The molecule has 10 heteroatoms. The van der Waals surface area contributed by atoms with Crippen LogP contribution in [0.15, 0.2) is 40.3 Å². The highest BCUT2D eigenvalue weighted by atomic mass is 32.2. The highest BCUT2D eigenvalue weighted by Gasteiger charge is 2.32. The highest BCUT2D eigenvalue weighted by Crippen LogP contribution is 2.38. The lowest BCUT2D eigenvalue weighted by atomic mass is 10.2. The van der Waals surface area contributed by atoms with E-state index in [0.717, 1.165) is 12.1 Å². The molecule has 0 saturated heterocycles. The van der Waals surface area contributed by atoms with E-state index >= 15 is 0 Å². The summed E-state index contributed by atoms with van der Waals surface area (Å²) in [5, 5.41) is 0. The monoisotopic (exact) mass is 415 g/mol. The molecule has 0 aliphatic rings. The molecule has 0 saturated carbocycles. The molecule has 0 spiro atoms. The molecular weight excluding hydrogens is 399 g/mol. The van der Waals surface area contributed by atoms with Crippen molar-refractivity contribution in [2.45, 2.75) is 22.9 Å². The number of benzene rings is 1. The number of hydrogen-bond donors (Lipinski definition) is 0. The summed E-state index contributed by atoms with van der Waals surface area (Å²) >= 11 is 1.17. The maximum Gasteiger partial charge on any atom is 0.416 e. The summed E-state index contributed by atoms with van der Waals surface area (Å²) in [5.74, 6) is 0.0800. The lowest BCUT2D eigenvalue weighted by molar-refractivity contribution is -0.137. The van der Waals surface area contributed by atoms with Crippen molar-refractivity contribution in [3.63, 3.8) is 0 Å². The van der Waals surface area contributed by atoms with Crippen LogP contribution >= 0.6 is 11.8 Å². The fourth-order valence-electron chi connectivity index (χ4n) is 2.81. The number of aryl methyl sites for hydroxylation is 1. The lowest BCUT2D eigenvalue weighted by Gasteiger charge is -2.10. The number of alkyl halides is 3. The van der Waals surface area contributed by atoms with Crippen LogP contribution in [0.3, 0.4) is 0 Å². The first kappa shape index (κ1) is 19.7. The Morgan fingerprint density at radius 1 is 1.26 bits per heavy atom. The summed E-state index contributed by atoms with van der Waals surface area (Å²) in [6.07, 6.45) is -1.40. The van der Waals surface area contributed by atoms with E-state index < -0.39 is 21.6 Å². The molecule has 0 atom stereocenters. The third kappa shape index (κ3) is 3.43. The standard InChI is InChI=1S/C17H16F3N3O2S2/c1-4-27(24,25)13-6-5-7-21-14(13)16-22-11-8-10(17(18,19)20)9-12(26-3)15(11)23(16)2/h5-9H,4H2,1-3H3. The molecular formula is C17H16F3N3O2S2. The minimum atomic E-state index is -4.50. The first-order valence-electron chi connectivity index (χ1n) is 7.90. The van der Waals surface area contributed by atoms with Crippen molar-refractivity contribution < 1.29 is 21.6 Å². The number of fused-ring (bicyclic) bond motifs is 1. The fraction of sp³-hybridized carbons (Fsp3) is 0.294. The van der Waals surface area contributed by atoms with Gasteiger partial charge < -0.3 is 4.57 Å². The van der Waals surface area contributed by atoms with Gasteiger partial charge in [-0.3, -0.25) is 4.98 Å². The first-order valence-corrected chi connectivity index (χ1v) is 10.8. The number of hydrogen-bond acceptors (Lipinski definition) is 5. The predicted octanol–water partition coefficient (Wildman–Crippen LogP) is 4.17. The SMILES string of the molecule is CCS(=O)(=O)c1cccnc1-c1nc2cc(C(F)(F)F)cc(SC)c2n1C. The van der Waals surface area contributed by atoms with Crippen LogP contribution < -0.4 is 0 Å². The molecule has 0 fully saturated rings. The van der Waals surface area contributed by atoms with Crippen molar-refractivity contribution in [3.8, 4) is 11.5 Å². The Morgan fingerprint density at radius 3 is 2.56 bits per heavy atom. The minimum absolute atomic E-state index is 0.00709. The molecule has 0 amide bonds. The van der Waals surface area contributed by atoms with E-state index in [9.17, 15) is 21.6 Å². The largest absolute Gasteiger partial charge is 0.416 e. The second-order valence-electron chi connectivity index (χ2n) is 5.79. The molecule has 27 heavy (non-hydrogen) atoms. The summed E-state index contributed by atoms with van der Waals surface area (Å²) in [6.45, 7) is 1.52. The van der Waals surface area contributed by atoms with Crippen molar-refractivity contribution in [2.24, 2.45) is 7.05 Å². The normalized spacial score (nSPS) is 12.7. The minimum Gasteiger partial charge on any atom is -0.325 e. The third-order valence-corrected chi connectivity index (χ3v) is 6.69. The van der Waals surface area contributed by atoms with Gasteiger partial charge in [0, 0.05) is 18.1 Å². The summed E-state index contributed by atoms with van der Waals surface area (Å²) < 4.78 is 66.0. The Morgan fingerprint density at radius 2 is 1.96 bits per heavy atom. The summed E-state index contributed by atoms with van der Waals surface area (Å²) in [4.78, 5) is 8.86. The Hall–Kier alpha value is -2.07. The Kier molecular flexibility index (Phi) is 4.98. The zero-order chi connectivity index (χ0) is 20.0. The quantitative estimate of drug-likeness (QED) is 0.599. The first-order chi connectivity index (χ1) is 12.6. The van der Waals surface area contributed by atoms with Gasteiger partial charge in [-0.2, -0.15) is 13.2 Å². The number of sulfone groups is 1. The molecule has 0 aliphatic heterocycles. The topological polar surface area (TPSA) is 64.8 Å². The van der Waals surface area contributed by atoms with Gasteiger partial charge in [-0.25, -0.2) is 13.4 Å². The van der Waals surface area contributed by atoms with E-state index in [1.54, 1.807) is 17.9 Å². The molecule has 0 radical (unpaired) electrons. The molecule has 144 valence electrons. The number of aromatic nitrogens is 3. The molecule has 5 nitrogen and oxygen atoms in total. The summed E-state index contributed by atoms with van der Waals surface area (Å²) in [7, 11) is -1.95. The van der Waals surface area contributed by atoms with Crippen molar-refractivity contribution in [2.75, 3.05) is 12.0 Å². The molecule has 0 N–H and O–H groups in total. The molecule has 0 unspecified atom stereocenters. The molecule has 1 aromatic carbocycles. The van der Waals surface area contributed by atoms with Crippen LogP contribution in [0, 0.1) is 0 Å². The van der Waals surface area contributed by atoms with Gasteiger partial charge in [0.1, 0.15) is 5.69 Å². The fourth-order valence-corrected chi connectivity index (χ4v) is 4.52. The Labute approximate surface area is 158 Å². The second-order valence-corrected chi connectivity index (χ2v) is 8.89. The smallest absolute Gasteiger partial charge is 0.325 e. The molecule has 0 aliphatic carbocycles. The highest BCUT2D eigenvalue weighted by molar-refractivity contribution is 7.98. The van der Waals surface area contributed by atoms with Crippen molar-refractivity contribution >= 4 is 32.6 Å². The van der Waals surface area contributed by atoms with Gasteiger partial charge >= 0.3 is 6.18 Å². The van der Waals surface area contributed by atoms with E-state index in [1.807, 2.05) is 0 Å². The van der Waals surface area contributed by atoms with E-state index in [4.69, 9.17) is 0 Å². The number of rotatable bonds is 4. The number of imidazole rings is 1. The lowest BCUT2D eigenvalue weighted by Crippen LogP contribution is -2.08. The van der Waals surface area contributed by atoms with Crippen molar-refractivity contribution in [1.82, 2.24) is 14.5 Å². The van der Waals surface area contributed by atoms with Gasteiger partial charge in [-0.1, -0.05) is 6.92 Å². The average molecular weight is 415 g/mol. The van der Waals surface area contributed by atoms with Crippen LogP contribution in [0.25, 0.3) is 22.6 Å². The van der Waals surface area contributed by atoms with Crippen LogP contribution in [-0.2, 0) is 23.1 Å². The van der Waals surface area contributed by atoms with Gasteiger partial charge in [0.15, 0.2) is 15.7 Å². The number of halogens is 3. The number of thioether (sulfide) groups is 1. The van der Waals surface area contributed by atoms with Gasteiger partial charge in [0.25, 0.3) is 0 Å². The predicted molar refractivity (Wildman–Crippen MR) is 98.5 cm³/mol. The Bertz CT molecular complexity index is 1120. The van der Waals surface area contributed by atoms with Gasteiger partial charge in [-0.05, 0) is 30.5 Å². The van der Waals surface area contributed by atoms with Crippen LogP contribution in [-0.4, -0.2) is 35.0 Å². The van der Waals surface area contributed by atoms with Gasteiger partial charge in [-0.15, -0.1) is 11.8 Å². The van der Waals surface area contributed by atoms with Crippen LogP contribution in [0.4, 0.5) is 13.2 Å². The van der Waals surface area contributed by atoms with E-state index in [0.29, 0.717) is 10.4 Å². The van der Waals surface area contributed by atoms with Crippen LogP contribution in [0.5, 0.6) is 0 Å². The zero-order valence-electron chi connectivity index (χ0n) is 14.7. The third-order valence-electron chi connectivity index (χ3n) is 4.18. The number of pyridine rings is 1. The van der Waals surface area contributed by atoms with E-state index in [1.165, 1.54) is 37.0 Å². The molecule has 2 aromatic heterocycles. The molecule has 0 bridgehead atoms. The maximum atomic E-state index is 13.2. The summed E-state index contributed by atoms with van der Waals surface area (Å²) in [5.41, 5.74) is -0.0433. The zero-order valence-corrected chi connectivity index (χ0v) is 16.3. The number of nitrogens with zero attached hydrogens (tertiary/aromatic N) is 3. The van der Waals surface area contributed by atoms with Gasteiger partial charge in [0.2, 0.25) is 0 Å². The van der Waals surface area contributed by atoms with E-state index in [-0.39, 0.29) is 27.7 Å². The van der Waals surface area contributed by atoms with Crippen LogP contribution in [0.1, 0.15) is 12.5 Å². The van der Waals surface area contributed by atoms with E-state index in [2.05, 4.69) is 9.97 Å². The maximum absolute atomic E-state index is 13.2. The van der Waals surface area contributed by atoms with Crippen LogP contribution in [0.2, 0.25) is 0 Å². The van der Waals surface area contributed by atoms with Crippen molar-refractivity contribution in [3.05, 3.63) is 36.0 Å². The molecule has 3 aromatic rings. The molecule has 3 rings (SSSR count). The average Bonchev–Trinajstić information content (AvgIpc) is 2.97. The summed E-state index contributed by atoms with van der Waals surface area (Å²) in [6, 6.07) is 4.97. The second kappa shape index (κ2) is 6.83. The Balaban J connectivity index is 2.35.